The first-order chi connectivity index (χ1) is 7.68. The van der Waals surface area contributed by atoms with Crippen molar-refractivity contribution >= 4 is 22.5 Å². The monoisotopic (exact) mass is 239 g/mol. The van der Waals surface area contributed by atoms with Crippen LogP contribution in [0.15, 0.2) is 24.3 Å². The Labute approximate surface area is 93.8 Å². The summed E-state index contributed by atoms with van der Waals surface area (Å²) >= 11 is 0.870. The fraction of sp³-hybridized carbons (Fsp3) is 0. The number of nitrogens with zero attached hydrogens (tertiary/aromatic N) is 2. The molecule has 2 aromatic rings. The summed E-state index contributed by atoms with van der Waals surface area (Å²) in [4.78, 5) is 11.5. The molecule has 0 amide bonds. The van der Waals surface area contributed by atoms with E-state index in [4.69, 9.17) is 10.5 Å². The summed E-state index contributed by atoms with van der Waals surface area (Å²) in [6.07, 6.45) is 0. The maximum atomic E-state index is 13.2. The Balaban J connectivity index is 2.21. The number of benzene rings is 1. The molecule has 5 nitrogen and oxygen atoms in total. The van der Waals surface area contributed by atoms with Crippen molar-refractivity contribution in [3.8, 4) is 5.75 Å². The molecule has 0 unspecified atom stereocenters. The second kappa shape index (κ2) is 4.23. The van der Waals surface area contributed by atoms with Gasteiger partial charge in [0.1, 0.15) is 5.00 Å². The van der Waals surface area contributed by atoms with Gasteiger partial charge in [-0.15, -0.1) is 5.10 Å². The molecule has 1 aromatic carbocycles. The number of nitrogens with two attached hydrogens (primary N) is 1. The van der Waals surface area contributed by atoms with E-state index in [1.165, 1.54) is 18.2 Å². The number of anilines is 1. The Morgan fingerprint density at radius 2 is 2.19 bits per heavy atom. The highest BCUT2D eigenvalue weighted by Gasteiger charge is 2.17. The number of nitrogen functional groups attached to an aromatic ring is 1. The van der Waals surface area contributed by atoms with Gasteiger partial charge in [-0.2, -0.15) is 0 Å². The minimum atomic E-state index is -0.823. The van der Waals surface area contributed by atoms with Crippen LogP contribution in [0, 0.1) is 5.82 Å². The van der Waals surface area contributed by atoms with Crippen LogP contribution in [0.3, 0.4) is 0 Å². The Hall–Kier alpha value is -2.02. The Kier molecular flexibility index (Phi) is 2.78. The number of hydrogen-bond donors (Lipinski definition) is 1. The summed E-state index contributed by atoms with van der Waals surface area (Å²) in [5.41, 5.74) is 5.33. The van der Waals surface area contributed by atoms with E-state index >= 15 is 0 Å². The number of ether oxygens (including phenoxy) is 1. The summed E-state index contributed by atoms with van der Waals surface area (Å²) in [7, 11) is 0. The molecule has 0 aliphatic rings. The largest absolute Gasteiger partial charge is 0.419 e. The molecule has 0 fully saturated rings. The van der Waals surface area contributed by atoms with Gasteiger partial charge in [0.15, 0.2) is 11.6 Å². The smallest absolute Gasteiger partial charge is 0.367 e. The van der Waals surface area contributed by atoms with Crippen molar-refractivity contribution in [1.29, 1.82) is 0 Å². The summed E-state index contributed by atoms with van der Waals surface area (Å²) < 4.78 is 21.4. The van der Waals surface area contributed by atoms with Crippen molar-refractivity contribution in [3.63, 3.8) is 0 Å². The number of carbonyl (C=O) groups is 1. The number of aromatic nitrogens is 2. The first-order valence-corrected chi connectivity index (χ1v) is 5.00. The molecule has 0 spiro atoms. The molecule has 16 heavy (non-hydrogen) atoms. The molecular formula is C9H6FN3O2S. The molecule has 0 bridgehead atoms. The van der Waals surface area contributed by atoms with Crippen molar-refractivity contribution in [2.75, 3.05) is 5.73 Å². The van der Waals surface area contributed by atoms with Crippen LogP contribution in [-0.4, -0.2) is 15.6 Å². The van der Waals surface area contributed by atoms with E-state index in [-0.39, 0.29) is 16.4 Å². The lowest BCUT2D eigenvalue weighted by atomic mass is 10.3. The molecule has 0 saturated carbocycles. The van der Waals surface area contributed by atoms with Crippen molar-refractivity contribution in [1.82, 2.24) is 9.59 Å². The second-order valence-electron chi connectivity index (χ2n) is 2.81. The van der Waals surface area contributed by atoms with Gasteiger partial charge in [-0.3, -0.25) is 0 Å². The number of rotatable bonds is 2. The van der Waals surface area contributed by atoms with Gasteiger partial charge in [0.2, 0.25) is 5.69 Å². The molecule has 2 rings (SSSR count). The predicted octanol–water partition coefficient (Wildman–Crippen LogP) is 1.48. The lowest BCUT2D eigenvalue weighted by Gasteiger charge is -2.02. The molecule has 0 aliphatic carbocycles. The van der Waals surface area contributed by atoms with Crippen LogP contribution in [0.2, 0.25) is 0 Å². The summed E-state index contributed by atoms with van der Waals surface area (Å²) in [5, 5.41) is 3.63. The van der Waals surface area contributed by atoms with Crippen LogP contribution >= 0.6 is 11.5 Å². The number of hydrogen-bond acceptors (Lipinski definition) is 6. The quantitative estimate of drug-likeness (QED) is 0.634. The van der Waals surface area contributed by atoms with Gasteiger partial charge in [-0.1, -0.05) is 16.6 Å². The lowest BCUT2D eigenvalue weighted by molar-refractivity contribution is 0.0723. The first-order valence-electron chi connectivity index (χ1n) is 4.23. The zero-order chi connectivity index (χ0) is 11.5. The summed E-state index contributed by atoms with van der Waals surface area (Å²) in [5.74, 6) is -1.62. The highest BCUT2D eigenvalue weighted by molar-refractivity contribution is 7.10. The number of para-hydroxylation sites is 1. The summed E-state index contributed by atoms with van der Waals surface area (Å²) in [6.45, 7) is 0. The van der Waals surface area contributed by atoms with Gasteiger partial charge in [0.25, 0.3) is 0 Å². The normalized spacial score (nSPS) is 10.1. The predicted molar refractivity (Wildman–Crippen MR) is 55.7 cm³/mol. The zero-order valence-corrected chi connectivity index (χ0v) is 8.70. The standard InChI is InChI=1S/C9H6FN3O2S/c10-5-3-1-2-4-6(5)15-9(14)7-8(11)16-13-12-7/h1-4H,11H2. The average Bonchev–Trinajstić information content (AvgIpc) is 2.68. The highest BCUT2D eigenvalue weighted by Crippen LogP contribution is 2.19. The van der Waals surface area contributed by atoms with Crippen LogP contribution in [-0.2, 0) is 0 Å². The Morgan fingerprint density at radius 1 is 1.44 bits per heavy atom. The molecule has 2 N–H and O–H groups in total. The van der Waals surface area contributed by atoms with Gasteiger partial charge >= 0.3 is 5.97 Å². The van der Waals surface area contributed by atoms with Crippen LogP contribution < -0.4 is 10.5 Å². The van der Waals surface area contributed by atoms with E-state index in [0.717, 1.165) is 11.5 Å². The summed E-state index contributed by atoms with van der Waals surface area (Å²) in [6, 6.07) is 5.56. The van der Waals surface area contributed by atoms with Crippen molar-refractivity contribution in [2.45, 2.75) is 0 Å². The van der Waals surface area contributed by atoms with E-state index in [1.54, 1.807) is 6.07 Å². The van der Waals surface area contributed by atoms with Crippen molar-refractivity contribution in [3.05, 3.63) is 35.8 Å². The highest BCUT2D eigenvalue weighted by atomic mass is 32.1. The third-order valence-corrected chi connectivity index (χ3v) is 2.30. The molecule has 0 radical (unpaired) electrons. The van der Waals surface area contributed by atoms with Crippen LogP contribution in [0.5, 0.6) is 5.75 Å². The van der Waals surface area contributed by atoms with Gasteiger partial charge < -0.3 is 10.5 Å². The number of carbonyl (C=O) groups excluding carboxylic acids is 1. The molecule has 1 heterocycles. The molecule has 7 heteroatoms. The Bertz CT molecular complexity index is 529. The van der Waals surface area contributed by atoms with Crippen LogP contribution in [0.1, 0.15) is 10.5 Å². The topological polar surface area (TPSA) is 78.1 Å². The van der Waals surface area contributed by atoms with Gasteiger partial charge in [-0.25, -0.2) is 9.18 Å². The van der Waals surface area contributed by atoms with E-state index in [9.17, 15) is 9.18 Å². The molecule has 82 valence electrons. The Morgan fingerprint density at radius 3 is 2.81 bits per heavy atom. The van der Waals surface area contributed by atoms with Gasteiger partial charge in [0, 0.05) is 11.5 Å². The van der Waals surface area contributed by atoms with Crippen LogP contribution in [0.25, 0.3) is 0 Å². The van der Waals surface area contributed by atoms with E-state index in [0.29, 0.717) is 0 Å². The van der Waals surface area contributed by atoms with Gasteiger partial charge in [0.05, 0.1) is 0 Å². The molecule has 0 aliphatic heterocycles. The molecular weight excluding hydrogens is 233 g/mol. The van der Waals surface area contributed by atoms with E-state index in [2.05, 4.69) is 9.59 Å². The van der Waals surface area contributed by atoms with E-state index in [1.807, 2.05) is 0 Å². The SMILES string of the molecule is Nc1snnc1C(=O)Oc1ccccc1F. The molecule has 0 atom stereocenters. The minimum Gasteiger partial charge on any atom is -0.419 e. The zero-order valence-electron chi connectivity index (χ0n) is 7.88. The second-order valence-corrected chi connectivity index (χ2v) is 3.59. The van der Waals surface area contributed by atoms with Crippen LogP contribution in [0.4, 0.5) is 9.39 Å². The molecule has 0 saturated heterocycles. The van der Waals surface area contributed by atoms with Crippen molar-refractivity contribution in [2.24, 2.45) is 0 Å². The molecule has 1 aromatic heterocycles. The first kappa shape index (κ1) is 10.5. The van der Waals surface area contributed by atoms with E-state index < -0.39 is 11.8 Å². The number of halogens is 1. The average molecular weight is 239 g/mol. The maximum absolute atomic E-state index is 13.2. The third kappa shape index (κ3) is 1.98. The lowest BCUT2D eigenvalue weighted by Crippen LogP contribution is -2.11. The van der Waals surface area contributed by atoms with Gasteiger partial charge in [-0.05, 0) is 12.1 Å². The van der Waals surface area contributed by atoms with Crippen molar-refractivity contribution < 1.29 is 13.9 Å². The number of esters is 1. The fourth-order valence-electron chi connectivity index (χ4n) is 1.01. The fourth-order valence-corrected chi connectivity index (χ4v) is 1.44. The minimum absolute atomic E-state index is 0.103. The maximum Gasteiger partial charge on any atom is 0.367 e. The third-order valence-electron chi connectivity index (χ3n) is 1.75.